The van der Waals surface area contributed by atoms with Gasteiger partial charge < -0.3 is 21.1 Å². The normalized spacial score (nSPS) is 13.1. The summed E-state index contributed by atoms with van der Waals surface area (Å²) >= 11 is 6.02. The summed E-state index contributed by atoms with van der Waals surface area (Å²) in [6.07, 6.45) is 0.155. The number of ether oxygens (including phenoxy) is 1. The van der Waals surface area contributed by atoms with Crippen molar-refractivity contribution in [1.29, 1.82) is 0 Å². The number of benzene rings is 1. The van der Waals surface area contributed by atoms with Crippen LogP contribution in [0, 0.1) is 12.8 Å². The van der Waals surface area contributed by atoms with Crippen LogP contribution in [0.4, 0.5) is 5.69 Å². The van der Waals surface area contributed by atoms with Gasteiger partial charge >= 0.3 is 0 Å². The van der Waals surface area contributed by atoms with E-state index in [9.17, 15) is 9.59 Å². The van der Waals surface area contributed by atoms with Gasteiger partial charge in [0.05, 0.1) is 12.8 Å². The van der Waals surface area contributed by atoms with Gasteiger partial charge in [0.15, 0.2) is 0 Å². The molecule has 1 aromatic rings. The SMILES string of the molecule is COc1cc(Cl)c(C)cc1NC(=O)CCNC(=O)C(C)C(C)N. The molecule has 0 radical (unpaired) electrons. The van der Waals surface area contributed by atoms with Crippen LogP contribution in [0.1, 0.15) is 25.8 Å². The molecule has 6 nitrogen and oxygen atoms in total. The van der Waals surface area contributed by atoms with Gasteiger partial charge in [0, 0.05) is 36.0 Å². The monoisotopic (exact) mass is 341 g/mol. The van der Waals surface area contributed by atoms with Crippen LogP contribution in [0.2, 0.25) is 5.02 Å². The maximum atomic E-state index is 12.0. The van der Waals surface area contributed by atoms with Gasteiger partial charge in [-0.25, -0.2) is 0 Å². The van der Waals surface area contributed by atoms with Gasteiger partial charge in [0.25, 0.3) is 0 Å². The lowest BCUT2D eigenvalue weighted by Gasteiger charge is -2.15. The number of carbonyl (C=O) groups excluding carboxylic acids is 2. The summed E-state index contributed by atoms with van der Waals surface area (Å²) in [7, 11) is 1.51. The highest BCUT2D eigenvalue weighted by molar-refractivity contribution is 6.31. The molecule has 1 aromatic carbocycles. The second kappa shape index (κ2) is 8.74. The molecule has 0 aliphatic carbocycles. The largest absolute Gasteiger partial charge is 0.495 e. The highest BCUT2D eigenvalue weighted by Gasteiger charge is 2.17. The van der Waals surface area contributed by atoms with E-state index in [-0.39, 0.29) is 36.7 Å². The molecule has 0 aromatic heterocycles. The number of hydrogen-bond donors (Lipinski definition) is 3. The van der Waals surface area contributed by atoms with Crippen molar-refractivity contribution in [2.45, 2.75) is 33.2 Å². The molecule has 0 heterocycles. The molecule has 0 aliphatic rings. The molecule has 128 valence electrons. The standard InChI is InChI=1S/C16H24ClN3O3/c1-9-7-13(14(23-4)8-12(9)17)20-15(21)5-6-19-16(22)10(2)11(3)18/h7-8,10-11H,5-6,18H2,1-4H3,(H,19,22)(H,20,21). The first-order valence-corrected chi connectivity index (χ1v) is 7.81. The van der Waals surface area contributed by atoms with E-state index in [2.05, 4.69) is 10.6 Å². The lowest BCUT2D eigenvalue weighted by molar-refractivity contribution is -0.125. The van der Waals surface area contributed by atoms with E-state index in [1.54, 1.807) is 26.0 Å². The molecule has 7 heteroatoms. The van der Waals surface area contributed by atoms with E-state index < -0.39 is 0 Å². The molecule has 2 atom stereocenters. The Labute approximate surface area is 141 Å². The van der Waals surface area contributed by atoms with Crippen LogP contribution in [-0.4, -0.2) is 31.5 Å². The molecular weight excluding hydrogens is 318 g/mol. The van der Waals surface area contributed by atoms with E-state index in [0.717, 1.165) is 5.56 Å². The van der Waals surface area contributed by atoms with Crippen molar-refractivity contribution >= 4 is 29.1 Å². The number of nitrogens with one attached hydrogen (secondary N) is 2. The Morgan fingerprint density at radius 3 is 2.57 bits per heavy atom. The van der Waals surface area contributed by atoms with Crippen molar-refractivity contribution in [3.05, 3.63) is 22.7 Å². The Morgan fingerprint density at radius 1 is 1.35 bits per heavy atom. The van der Waals surface area contributed by atoms with Crippen molar-refractivity contribution in [1.82, 2.24) is 5.32 Å². The van der Waals surface area contributed by atoms with Crippen LogP contribution >= 0.6 is 11.6 Å². The number of aryl methyl sites for hydroxylation is 1. The maximum absolute atomic E-state index is 12.0. The minimum Gasteiger partial charge on any atom is -0.495 e. The Bertz CT molecular complexity index is 576. The fourth-order valence-electron chi connectivity index (χ4n) is 1.84. The molecule has 4 N–H and O–H groups in total. The Kier molecular flexibility index (Phi) is 7.32. The average Bonchev–Trinajstić information content (AvgIpc) is 2.49. The van der Waals surface area contributed by atoms with Crippen LogP contribution < -0.4 is 21.1 Å². The number of methoxy groups -OCH3 is 1. The van der Waals surface area contributed by atoms with E-state index in [0.29, 0.717) is 16.5 Å². The maximum Gasteiger partial charge on any atom is 0.226 e. The molecular formula is C16H24ClN3O3. The Balaban J connectivity index is 2.55. The van der Waals surface area contributed by atoms with Gasteiger partial charge in [-0.3, -0.25) is 9.59 Å². The molecule has 0 bridgehead atoms. The molecule has 2 amide bonds. The number of hydrogen-bond acceptors (Lipinski definition) is 4. The van der Waals surface area contributed by atoms with Crippen LogP contribution in [0.25, 0.3) is 0 Å². The lowest BCUT2D eigenvalue weighted by Crippen LogP contribution is -2.39. The minimum absolute atomic E-state index is 0.155. The van der Waals surface area contributed by atoms with Crippen molar-refractivity contribution in [3.8, 4) is 5.75 Å². The van der Waals surface area contributed by atoms with Crippen molar-refractivity contribution in [3.63, 3.8) is 0 Å². The summed E-state index contributed by atoms with van der Waals surface area (Å²) in [4.78, 5) is 23.7. The Hall–Kier alpha value is -1.79. The third-order valence-electron chi connectivity index (χ3n) is 3.61. The summed E-state index contributed by atoms with van der Waals surface area (Å²) in [6, 6.07) is 3.17. The summed E-state index contributed by atoms with van der Waals surface area (Å²) in [5, 5.41) is 6.02. The first-order valence-electron chi connectivity index (χ1n) is 7.43. The minimum atomic E-state index is -0.294. The number of rotatable bonds is 7. The van der Waals surface area contributed by atoms with Crippen molar-refractivity contribution in [2.24, 2.45) is 11.7 Å². The van der Waals surface area contributed by atoms with Gasteiger partial charge in [-0.2, -0.15) is 0 Å². The predicted molar refractivity (Wildman–Crippen MR) is 91.8 cm³/mol. The smallest absolute Gasteiger partial charge is 0.226 e. The molecule has 0 saturated carbocycles. The van der Waals surface area contributed by atoms with Gasteiger partial charge in [-0.05, 0) is 25.5 Å². The zero-order valence-electron chi connectivity index (χ0n) is 13.9. The highest BCUT2D eigenvalue weighted by atomic mass is 35.5. The highest BCUT2D eigenvalue weighted by Crippen LogP contribution is 2.30. The van der Waals surface area contributed by atoms with Gasteiger partial charge in [0.2, 0.25) is 11.8 Å². The summed E-state index contributed by atoms with van der Waals surface area (Å²) < 4.78 is 5.20. The quantitative estimate of drug-likeness (QED) is 0.707. The number of anilines is 1. The van der Waals surface area contributed by atoms with Crippen LogP contribution in [0.5, 0.6) is 5.75 Å². The second-order valence-corrected chi connectivity index (χ2v) is 5.95. The van der Waals surface area contributed by atoms with Crippen LogP contribution in [0.15, 0.2) is 12.1 Å². The second-order valence-electron chi connectivity index (χ2n) is 5.54. The third kappa shape index (κ3) is 5.73. The number of carbonyl (C=O) groups is 2. The molecule has 0 saturated heterocycles. The van der Waals surface area contributed by atoms with Gasteiger partial charge in [-0.15, -0.1) is 0 Å². The average molecular weight is 342 g/mol. The van der Waals surface area contributed by atoms with E-state index >= 15 is 0 Å². The van der Waals surface area contributed by atoms with Crippen LogP contribution in [0.3, 0.4) is 0 Å². The molecule has 0 spiro atoms. The molecule has 0 aliphatic heterocycles. The van der Waals surface area contributed by atoms with E-state index in [1.807, 2.05) is 6.92 Å². The topological polar surface area (TPSA) is 93.5 Å². The first kappa shape index (κ1) is 19.3. The molecule has 0 fully saturated rings. The fraction of sp³-hybridized carbons (Fsp3) is 0.500. The Morgan fingerprint density at radius 2 is 2.00 bits per heavy atom. The number of halogens is 1. The number of amides is 2. The molecule has 23 heavy (non-hydrogen) atoms. The van der Waals surface area contributed by atoms with Gasteiger partial charge in [-0.1, -0.05) is 18.5 Å². The summed E-state index contributed by atoms with van der Waals surface area (Å²) in [6.45, 7) is 5.61. The van der Waals surface area contributed by atoms with E-state index in [4.69, 9.17) is 22.1 Å². The lowest BCUT2D eigenvalue weighted by atomic mass is 10.0. The predicted octanol–water partition coefficient (Wildman–Crippen LogP) is 2.09. The van der Waals surface area contributed by atoms with E-state index in [1.165, 1.54) is 7.11 Å². The third-order valence-corrected chi connectivity index (χ3v) is 4.02. The molecule has 2 unspecified atom stereocenters. The van der Waals surface area contributed by atoms with Gasteiger partial charge in [0.1, 0.15) is 5.75 Å². The number of nitrogens with two attached hydrogens (primary N) is 1. The summed E-state index contributed by atoms with van der Waals surface area (Å²) in [5.74, 6) is -0.188. The first-order chi connectivity index (χ1) is 10.8. The molecule has 1 rings (SSSR count). The van der Waals surface area contributed by atoms with Crippen LogP contribution in [-0.2, 0) is 9.59 Å². The zero-order valence-corrected chi connectivity index (χ0v) is 14.7. The fourth-order valence-corrected chi connectivity index (χ4v) is 2.00. The van der Waals surface area contributed by atoms with Crippen molar-refractivity contribution < 1.29 is 14.3 Å². The van der Waals surface area contributed by atoms with Crippen molar-refractivity contribution in [2.75, 3.05) is 19.0 Å². The summed E-state index contributed by atoms with van der Waals surface area (Å²) in [5.41, 5.74) is 7.05. The zero-order chi connectivity index (χ0) is 17.6.